The van der Waals surface area contributed by atoms with Gasteiger partial charge in [0.25, 0.3) is 10.0 Å². The van der Waals surface area contributed by atoms with Crippen LogP contribution >= 0.6 is 0 Å². The molecule has 0 aliphatic rings. The van der Waals surface area contributed by atoms with Crippen LogP contribution in [0.15, 0.2) is 59.5 Å². The second-order valence-corrected chi connectivity index (χ2v) is 7.34. The average molecular weight is 341 g/mol. The molecule has 0 heterocycles. The van der Waals surface area contributed by atoms with Gasteiger partial charge in [0.1, 0.15) is 5.75 Å². The van der Waals surface area contributed by atoms with E-state index in [-0.39, 0.29) is 4.90 Å². The van der Waals surface area contributed by atoms with Crippen LogP contribution in [0.2, 0.25) is 0 Å². The minimum absolute atomic E-state index is 0.288. The number of rotatable bonds is 4. The molecule has 0 saturated heterocycles. The van der Waals surface area contributed by atoms with Crippen LogP contribution in [0.25, 0.3) is 10.8 Å². The molecule has 124 valence electrons. The zero-order valence-electron chi connectivity index (χ0n) is 13.8. The molecule has 0 amide bonds. The SMILES string of the molecule is COc1cc(C)c(S(=O)(=O)Nc2cccc3ccccc23)c(C)c1. The van der Waals surface area contributed by atoms with Crippen molar-refractivity contribution in [1.82, 2.24) is 0 Å². The van der Waals surface area contributed by atoms with Crippen LogP contribution in [0, 0.1) is 13.8 Å². The van der Waals surface area contributed by atoms with Crippen LogP contribution in [0.1, 0.15) is 11.1 Å². The molecule has 0 saturated carbocycles. The van der Waals surface area contributed by atoms with Crippen molar-refractivity contribution in [3.63, 3.8) is 0 Å². The summed E-state index contributed by atoms with van der Waals surface area (Å²) in [6.07, 6.45) is 0. The Morgan fingerprint density at radius 1 is 0.917 bits per heavy atom. The van der Waals surface area contributed by atoms with E-state index in [1.165, 1.54) is 0 Å². The molecule has 3 aromatic rings. The van der Waals surface area contributed by atoms with Gasteiger partial charge in [-0.3, -0.25) is 4.72 Å². The Hall–Kier alpha value is -2.53. The zero-order chi connectivity index (χ0) is 17.3. The number of aryl methyl sites for hydroxylation is 2. The predicted octanol–water partition coefficient (Wildman–Crippen LogP) is 4.27. The normalized spacial score (nSPS) is 11.5. The molecule has 24 heavy (non-hydrogen) atoms. The van der Waals surface area contributed by atoms with Gasteiger partial charge in [0.2, 0.25) is 0 Å². The summed E-state index contributed by atoms with van der Waals surface area (Å²) >= 11 is 0. The van der Waals surface area contributed by atoms with Crippen LogP contribution < -0.4 is 9.46 Å². The molecule has 3 rings (SSSR count). The highest BCUT2D eigenvalue weighted by atomic mass is 32.2. The summed E-state index contributed by atoms with van der Waals surface area (Å²) in [5.74, 6) is 0.647. The smallest absolute Gasteiger partial charge is 0.262 e. The standard InChI is InChI=1S/C19H19NO3S/c1-13-11-16(23-3)12-14(2)19(13)24(21,22)20-18-10-6-8-15-7-4-5-9-17(15)18/h4-12,20H,1-3H3. The first-order chi connectivity index (χ1) is 11.4. The van der Waals surface area contributed by atoms with Crippen molar-refractivity contribution in [3.05, 3.63) is 65.7 Å². The topological polar surface area (TPSA) is 55.4 Å². The van der Waals surface area contributed by atoms with E-state index in [4.69, 9.17) is 4.74 Å². The van der Waals surface area contributed by atoms with Crippen molar-refractivity contribution >= 4 is 26.5 Å². The van der Waals surface area contributed by atoms with Gasteiger partial charge in [-0.2, -0.15) is 0 Å². The van der Waals surface area contributed by atoms with Gasteiger partial charge in [-0.1, -0.05) is 36.4 Å². The van der Waals surface area contributed by atoms with Gasteiger partial charge in [0, 0.05) is 5.39 Å². The summed E-state index contributed by atoms with van der Waals surface area (Å²) in [6.45, 7) is 3.54. The Morgan fingerprint density at radius 3 is 2.21 bits per heavy atom. The van der Waals surface area contributed by atoms with Crippen molar-refractivity contribution < 1.29 is 13.2 Å². The first kappa shape index (κ1) is 16.3. The highest BCUT2D eigenvalue weighted by Gasteiger charge is 2.21. The van der Waals surface area contributed by atoms with Gasteiger partial charge < -0.3 is 4.74 Å². The third-order valence-electron chi connectivity index (χ3n) is 3.97. The molecular formula is C19H19NO3S. The molecule has 5 heteroatoms. The average Bonchev–Trinajstić information content (AvgIpc) is 2.54. The quantitative estimate of drug-likeness (QED) is 0.771. The van der Waals surface area contributed by atoms with Crippen LogP contribution in [0.3, 0.4) is 0 Å². The van der Waals surface area contributed by atoms with Gasteiger partial charge in [0.15, 0.2) is 0 Å². The van der Waals surface area contributed by atoms with Gasteiger partial charge in [0.05, 0.1) is 17.7 Å². The molecule has 0 fully saturated rings. The van der Waals surface area contributed by atoms with Crippen LogP contribution in [-0.2, 0) is 10.0 Å². The monoisotopic (exact) mass is 341 g/mol. The fourth-order valence-electron chi connectivity index (χ4n) is 2.96. The Labute approximate surface area is 142 Å². The van der Waals surface area contributed by atoms with E-state index in [1.807, 2.05) is 36.4 Å². The largest absolute Gasteiger partial charge is 0.497 e. The summed E-state index contributed by atoms with van der Waals surface area (Å²) in [5, 5.41) is 1.85. The zero-order valence-corrected chi connectivity index (χ0v) is 14.6. The minimum Gasteiger partial charge on any atom is -0.497 e. The Balaban J connectivity index is 2.09. The van der Waals surface area contributed by atoms with E-state index in [2.05, 4.69) is 4.72 Å². The molecule has 0 aromatic heterocycles. The molecule has 0 atom stereocenters. The minimum atomic E-state index is -3.70. The number of hydrogen-bond acceptors (Lipinski definition) is 3. The fourth-order valence-corrected chi connectivity index (χ4v) is 4.50. The number of ether oxygens (including phenoxy) is 1. The van der Waals surface area contributed by atoms with Gasteiger partial charge in [-0.05, 0) is 48.6 Å². The second kappa shape index (κ2) is 6.17. The molecule has 0 bridgehead atoms. The molecule has 0 radical (unpaired) electrons. The highest BCUT2D eigenvalue weighted by molar-refractivity contribution is 7.92. The highest BCUT2D eigenvalue weighted by Crippen LogP contribution is 2.30. The Morgan fingerprint density at radius 2 is 1.54 bits per heavy atom. The molecule has 0 spiro atoms. The summed E-state index contributed by atoms with van der Waals surface area (Å²) < 4.78 is 33.8. The van der Waals surface area contributed by atoms with Crippen molar-refractivity contribution in [3.8, 4) is 5.75 Å². The van der Waals surface area contributed by atoms with E-state index in [0.29, 0.717) is 22.6 Å². The van der Waals surface area contributed by atoms with Crippen LogP contribution in [0.4, 0.5) is 5.69 Å². The summed E-state index contributed by atoms with van der Waals surface area (Å²) in [6, 6.07) is 16.7. The number of hydrogen-bond donors (Lipinski definition) is 1. The summed E-state index contributed by atoms with van der Waals surface area (Å²) in [4.78, 5) is 0.288. The number of methoxy groups -OCH3 is 1. The summed E-state index contributed by atoms with van der Waals surface area (Å²) in [5.41, 5.74) is 1.88. The van der Waals surface area contributed by atoms with Crippen LogP contribution in [0.5, 0.6) is 5.75 Å². The fraction of sp³-hybridized carbons (Fsp3) is 0.158. The van der Waals surface area contributed by atoms with Crippen molar-refractivity contribution in [2.75, 3.05) is 11.8 Å². The second-order valence-electron chi connectivity index (χ2n) is 5.72. The number of anilines is 1. The molecule has 0 aliphatic carbocycles. The third kappa shape index (κ3) is 2.95. The lowest BCUT2D eigenvalue weighted by Crippen LogP contribution is -2.16. The molecular weight excluding hydrogens is 322 g/mol. The maximum atomic E-state index is 12.9. The predicted molar refractivity (Wildman–Crippen MR) is 97.2 cm³/mol. The molecule has 0 aliphatic heterocycles. The lowest BCUT2D eigenvalue weighted by atomic mass is 10.1. The van der Waals surface area contributed by atoms with Crippen molar-refractivity contribution in [2.45, 2.75) is 18.7 Å². The summed E-state index contributed by atoms with van der Waals surface area (Å²) in [7, 11) is -2.13. The van der Waals surface area contributed by atoms with Gasteiger partial charge in [-0.15, -0.1) is 0 Å². The van der Waals surface area contributed by atoms with Gasteiger partial charge >= 0.3 is 0 Å². The van der Waals surface area contributed by atoms with Crippen molar-refractivity contribution in [2.24, 2.45) is 0 Å². The van der Waals surface area contributed by atoms with E-state index in [0.717, 1.165) is 10.8 Å². The Kier molecular flexibility index (Phi) is 4.20. The maximum Gasteiger partial charge on any atom is 0.262 e. The molecule has 3 aromatic carbocycles. The lowest BCUT2D eigenvalue weighted by molar-refractivity contribution is 0.413. The maximum absolute atomic E-state index is 12.9. The lowest BCUT2D eigenvalue weighted by Gasteiger charge is -2.15. The number of benzene rings is 3. The molecule has 4 nitrogen and oxygen atoms in total. The first-order valence-corrected chi connectivity index (χ1v) is 9.06. The number of fused-ring (bicyclic) bond motifs is 1. The Bertz CT molecular complexity index is 982. The van der Waals surface area contributed by atoms with Crippen LogP contribution in [-0.4, -0.2) is 15.5 Å². The van der Waals surface area contributed by atoms with Gasteiger partial charge in [-0.25, -0.2) is 8.42 Å². The van der Waals surface area contributed by atoms with E-state index in [1.54, 1.807) is 39.2 Å². The molecule has 1 N–H and O–H groups in total. The molecule has 0 unspecified atom stereocenters. The van der Waals surface area contributed by atoms with E-state index >= 15 is 0 Å². The van der Waals surface area contributed by atoms with E-state index < -0.39 is 10.0 Å². The van der Waals surface area contributed by atoms with Crippen molar-refractivity contribution in [1.29, 1.82) is 0 Å². The first-order valence-electron chi connectivity index (χ1n) is 7.58. The third-order valence-corrected chi connectivity index (χ3v) is 5.64. The number of nitrogens with one attached hydrogen (secondary N) is 1. The van der Waals surface area contributed by atoms with E-state index in [9.17, 15) is 8.42 Å². The number of sulfonamides is 1.